The lowest BCUT2D eigenvalue weighted by Gasteiger charge is -2.20. The predicted octanol–water partition coefficient (Wildman–Crippen LogP) is 2.34. The number of esters is 1. The third-order valence-corrected chi connectivity index (χ3v) is 2.81. The number of ether oxygens (including phenoxy) is 1. The van der Waals surface area contributed by atoms with Crippen LogP contribution >= 0.6 is 0 Å². The average Bonchev–Trinajstić information content (AvgIpc) is 2.44. The van der Waals surface area contributed by atoms with Crippen molar-refractivity contribution in [2.24, 2.45) is 0 Å². The lowest BCUT2D eigenvalue weighted by Crippen LogP contribution is -2.35. The number of rotatable bonds is 7. The van der Waals surface area contributed by atoms with Gasteiger partial charge in [0.25, 0.3) is 5.91 Å². The van der Waals surface area contributed by atoms with Gasteiger partial charge >= 0.3 is 5.97 Å². The van der Waals surface area contributed by atoms with Crippen LogP contribution in [-0.4, -0.2) is 36.5 Å². The molecule has 0 heterocycles. The molecule has 5 heteroatoms. The highest BCUT2D eigenvalue weighted by atomic mass is 19.1. The Hall–Kier alpha value is -2.17. The Kier molecular flexibility index (Phi) is 6.59. The number of nitrogens with zero attached hydrogens (tertiary/aromatic N) is 1. The zero-order valence-electron chi connectivity index (χ0n) is 12.4. The van der Waals surface area contributed by atoms with E-state index in [1.54, 1.807) is 4.90 Å². The van der Waals surface area contributed by atoms with Gasteiger partial charge < -0.3 is 9.64 Å². The summed E-state index contributed by atoms with van der Waals surface area (Å²) in [5.41, 5.74) is 1.51. The van der Waals surface area contributed by atoms with E-state index in [-0.39, 0.29) is 24.8 Å². The molecular formula is C16H20FNO3. The van der Waals surface area contributed by atoms with Gasteiger partial charge in [0.1, 0.15) is 5.82 Å². The van der Waals surface area contributed by atoms with Crippen LogP contribution < -0.4 is 0 Å². The molecule has 0 aromatic heterocycles. The molecule has 0 radical (unpaired) electrons. The van der Waals surface area contributed by atoms with Gasteiger partial charge in [-0.2, -0.15) is 0 Å². The van der Waals surface area contributed by atoms with E-state index in [1.165, 1.54) is 24.3 Å². The first-order chi connectivity index (χ1) is 9.92. The molecule has 1 amide bonds. The van der Waals surface area contributed by atoms with Gasteiger partial charge in [0.2, 0.25) is 0 Å². The summed E-state index contributed by atoms with van der Waals surface area (Å²) in [4.78, 5) is 25.1. The van der Waals surface area contributed by atoms with Crippen molar-refractivity contribution in [3.8, 4) is 0 Å². The lowest BCUT2D eigenvalue weighted by atomic mass is 10.1. The fraction of sp³-hybridized carbons (Fsp3) is 0.375. The van der Waals surface area contributed by atoms with E-state index in [2.05, 4.69) is 6.58 Å². The van der Waals surface area contributed by atoms with Crippen LogP contribution in [-0.2, 0) is 20.7 Å². The van der Waals surface area contributed by atoms with E-state index < -0.39 is 5.97 Å². The van der Waals surface area contributed by atoms with Crippen molar-refractivity contribution >= 4 is 11.9 Å². The Morgan fingerprint density at radius 1 is 1.29 bits per heavy atom. The Labute approximate surface area is 124 Å². The minimum Gasteiger partial charge on any atom is -0.455 e. The van der Waals surface area contributed by atoms with Crippen molar-refractivity contribution in [1.29, 1.82) is 0 Å². The van der Waals surface area contributed by atoms with Crippen LogP contribution in [0.5, 0.6) is 0 Å². The number of halogens is 1. The molecule has 0 aliphatic rings. The molecule has 0 spiro atoms. The number of hydrogen-bond acceptors (Lipinski definition) is 3. The molecule has 0 atom stereocenters. The Bertz CT molecular complexity index is 511. The lowest BCUT2D eigenvalue weighted by molar-refractivity contribution is -0.151. The first-order valence-corrected chi connectivity index (χ1v) is 6.74. The molecule has 0 aliphatic carbocycles. The molecule has 1 rings (SSSR count). The largest absolute Gasteiger partial charge is 0.455 e. The second-order valence-electron chi connectivity index (χ2n) is 4.83. The van der Waals surface area contributed by atoms with Crippen LogP contribution in [0, 0.1) is 5.82 Å². The number of carbonyl (C=O) groups excluding carboxylic acids is 2. The van der Waals surface area contributed by atoms with E-state index in [0.29, 0.717) is 18.7 Å². The average molecular weight is 293 g/mol. The zero-order valence-corrected chi connectivity index (χ0v) is 12.4. The van der Waals surface area contributed by atoms with Crippen molar-refractivity contribution in [3.05, 3.63) is 47.8 Å². The highest BCUT2D eigenvalue weighted by Gasteiger charge is 2.14. The molecule has 0 unspecified atom stereocenters. The fourth-order valence-electron chi connectivity index (χ4n) is 1.76. The highest BCUT2D eigenvalue weighted by molar-refractivity contribution is 5.81. The van der Waals surface area contributed by atoms with Crippen molar-refractivity contribution in [1.82, 2.24) is 4.90 Å². The van der Waals surface area contributed by atoms with Gasteiger partial charge in [-0.05, 0) is 31.5 Å². The minimum absolute atomic E-state index is 0.0141. The second kappa shape index (κ2) is 8.19. The number of likely N-dealkylation sites (N-methyl/N-ethyl adjacent to an activating group) is 1. The molecule has 1 aromatic rings. The number of amides is 1. The first-order valence-electron chi connectivity index (χ1n) is 6.74. The SMILES string of the molecule is C=C(C)CN(CC)C(=O)COC(=O)Cc1ccc(F)cc1. The van der Waals surface area contributed by atoms with Crippen molar-refractivity contribution in [3.63, 3.8) is 0 Å². The van der Waals surface area contributed by atoms with Gasteiger partial charge in [-0.1, -0.05) is 24.3 Å². The molecule has 0 aliphatic heterocycles. The van der Waals surface area contributed by atoms with Crippen molar-refractivity contribution in [2.45, 2.75) is 20.3 Å². The summed E-state index contributed by atoms with van der Waals surface area (Å²) in [5.74, 6) is -1.13. The summed E-state index contributed by atoms with van der Waals surface area (Å²) in [6.45, 7) is 8.12. The summed E-state index contributed by atoms with van der Waals surface area (Å²) in [5, 5.41) is 0. The zero-order chi connectivity index (χ0) is 15.8. The molecule has 1 aromatic carbocycles. The topological polar surface area (TPSA) is 46.6 Å². The van der Waals surface area contributed by atoms with E-state index in [1.807, 2.05) is 13.8 Å². The minimum atomic E-state index is -0.513. The standard InChI is InChI=1S/C16H20FNO3/c1-4-18(10-12(2)3)15(19)11-21-16(20)9-13-5-7-14(17)8-6-13/h5-8H,2,4,9-11H2,1,3H3. The fourth-order valence-corrected chi connectivity index (χ4v) is 1.76. The molecule has 21 heavy (non-hydrogen) atoms. The monoisotopic (exact) mass is 293 g/mol. The van der Waals surface area contributed by atoms with Gasteiger partial charge in [-0.25, -0.2) is 4.39 Å². The number of hydrogen-bond donors (Lipinski definition) is 0. The van der Waals surface area contributed by atoms with Crippen molar-refractivity contribution < 1.29 is 18.7 Å². The summed E-state index contributed by atoms with van der Waals surface area (Å²) >= 11 is 0. The van der Waals surface area contributed by atoms with Gasteiger partial charge in [-0.15, -0.1) is 0 Å². The quantitative estimate of drug-likeness (QED) is 0.572. The van der Waals surface area contributed by atoms with Crippen LogP contribution in [0.1, 0.15) is 19.4 Å². The molecule has 0 N–H and O–H groups in total. The molecular weight excluding hydrogens is 273 g/mol. The molecule has 0 saturated carbocycles. The molecule has 0 saturated heterocycles. The Morgan fingerprint density at radius 3 is 2.43 bits per heavy atom. The smallest absolute Gasteiger partial charge is 0.310 e. The Morgan fingerprint density at radius 2 is 1.90 bits per heavy atom. The predicted molar refractivity (Wildman–Crippen MR) is 78.1 cm³/mol. The van der Waals surface area contributed by atoms with Crippen LogP contribution in [0.4, 0.5) is 4.39 Å². The molecule has 4 nitrogen and oxygen atoms in total. The van der Waals surface area contributed by atoms with Gasteiger partial charge in [-0.3, -0.25) is 9.59 Å². The third kappa shape index (κ3) is 6.21. The molecule has 114 valence electrons. The van der Waals surface area contributed by atoms with Crippen LogP contribution in [0.3, 0.4) is 0 Å². The van der Waals surface area contributed by atoms with Crippen molar-refractivity contribution in [2.75, 3.05) is 19.7 Å². The summed E-state index contributed by atoms with van der Waals surface area (Å²) in [6.07, 6.45) is 0.0141. The maximum absolute atomic E-state index is 12.7. The summed E-state index contributed by atoms with van der Waals surface area (Å²) in [6, 6.07) is 5.58. The van der Waals surface area contributed by atoms with Crippen LogP contribution in [0.2, 0.25) is 0 Å². The molecule has 0 fully saturated rings. The maximum atomic E-state index is 12.7. The normalized spacial score (nSPS) is 10.0. The van der Waals surface area contributed by atoms with Crippen LogP contribution in [0.15, 0.2) is 36.4 Å². The third-order valence-electron chi connectivity index (χ3n) is 2.81. The van der Waals surface area contributed by atoms with E-state index >= 15 is 0 Å². The molecule has 0 bridgehead atoms. The van der Waals surface area contributed by atoms with Gasteiger partial charge in [0.15, 0.2) is 6.61 Å². The number of benzene rings is 1. The first kappa shape index (κ1) is 16.9. The van der Waals surface area contributed by atoms with Gasteiger partial charge in [0.05, 0.1) is 6.42 Å². The summed E-state index contributed by atoms with van der Waals surface area (Å²) in [7, 11) is 0. The van der Waals surface area contributed by atoms with E-state index in [4.69, 9.17) is 4.74 Å². The van der Waals surface area contributed by atoms with E-state index in [0.717, 1.165) is 5.57 Å². The van der Waals surface area contributed by atoms with E-state index in [9.17, 15) is 14.0 Å². The Balaban J connectivity index is 2.43. The maximum Gasteiger partial charge on any atom is 0.310 e. The number of carbonyl (C=O) groups is 2. The van der Waals surface area contributed by atoms with Gasteiger partial charge in [0, 0.05) is 13.1 Å². The van der Waals surface area contributed by atoms with Crippen LogP contribution in [0.25, 0.3) is 0 Å². The highest BCUT2D eigenvalue weighted by Crippen LogP contribution is 2.05. The summed E-state index contributed by atoms with van der Waals surface area (Å²) < 4.78 is 17.7. The second-order valence-corrected chi connectivity index (χ2v) is 4.83.